The van der Waals surface area contributed by atoms with Gasteiger partial charge in [-0.1, -0.05) is 13.8 Å². The fraction of sp³-hybridized carbons (Fsp3) is 1.00. The molecule has 0 aromatic heterocycles. The molecule has 0 radical (unpaired) electrons. The summed E-state index contributed by atoms with van der Waals surface area (Å²) in [6.45, 7) is 13.6. The van der Waals surface area contributed by atoms with E-state index < -0.39 is 14.6 Å². The summed E-state index contributed by atoms with van der Waals surface area (Å²) in [5.41, 5.74) is 5.78. The number of hydrogen-bond donors (Lipinski definition) is 1. The zero-order chi connectivity index (χ0) is 15.3. The SMILES string of the molecule is CCCN(CCS(=O)(=O)C(C)(C)C)C(C)(CC)CN. The molecule has 0 rings (SSSR count). The molecular weight excluding hydrogens is 260 g/mol. The number of sulfone groups is 1. The first kappa shape index (κ1) is 18.9. The minimum atomic E-state index is -3.07. The minimum Gasteiger partial charge on any atom is -0.329 e. The van der Waals surface area contributed by atoms with Crippen LogP contribution in [0.25, 0.3) is 0 Å². The Bertz CT molecular complexity index is 354. The van der Waals surface area contributed by atoms with E-state index >= 15 is 0 Å². The van der Waals surface area contributed by atoms with Gasteiger partial charge >= 0.3 is 0 Å². The van der Waals surface area contributed by atoms with Crippen molar-refractivity contribution in [1.82, 2.24) is 4.90 Å². The Morgan fingerprint density at radius 1 is 1.05 bits per heavy atom. The Hall–Kier alpha value is -0.130. The maximum absolute atomic E-state index is 12.2. The van der Waals surface area contributed by atoms with Gasteiger partial charge in [-0.25, -0.2) is 8.42 Å². The first-order valence-corrected chi connectivity index (χ1v) is 8.86. The molecule has 19 heavy (non-hydrogen) atoms. The Morgan fingerprint density at radius 3 is 1.89 bits per heavy atom. The van der Waals surface area contributed by atoms with Gasteiger partial charge in [0, 0.05) is 18.6 Å². The molecule has 2 N–H and O–H groups in total. The van der Waals surface area contributed by atoms with E-state index in [4.69, 9.17) is 5.73 Å². The lowest BCUT2D eigenvalue weighted by atomic mass is 9.96. The van der Waals surface area contributed by atoms with Crippen molar-refractivity contribution < 1.29 is 8.42 Å². The molecule has 1 atom stereocenters. The molecule has 0 fully saturated rings. The maximum Gasteiger partial charge on any atom is 0.156 e. The van der Waals surface area contributed by atoms with Crippen LogP contribution in [-0.4, -0.2) is 49.0 Å². The summed E-state index contributed by atoms with van der Waals surface area (Å²) in [6.07, 6.45) is 1.93. The predicted octanol–water partition coefficient (Wildman–Crippen LogP) is 2.04. The van der Waals surface area contributed by atoms with E-state index in [0.717, 1.165) is 19.4 Å². The second-order valence-corrected chi connectivity index (χ2v) is 9.34. The monoisotopic (exact) mass is 292 g/mol. The van der Waals surface area contributed by atoms with Crippen LogP contribution in [0.1, 0.15) is 54.4 Å². The Kier molecular flexibility index (Phi) is 7.00. The Morgan fingerprint density at radius 2 is 1.58 bits per heavy atom. The summed E-state index contributed by atoms with van der Waals surface area (Å²) in [5, 5.41) is 0. The Labute approximate surface area is 119 Å². The molecule has 0 bridgehead atoms. The van der Waals surface area contributed by atoms with Crippen molar-refractivity contribution in [3.8, 4) is 0 Å². The quantitative estimate of drug-likeness (QED) is 0.743. The third-order valence-corrected chi connectivity index (χ3v) is 6.61. The molecule has 4 nitrogen and oxygen atoms in total. The molecule has 116 valence electrons. The summed E-state index contributed by atoms with van der Waals surface area (Å²) >= 11 is 0. The van der Waals surface area contributed by atoms with Crippen molar-refractivity contribution in [1.29, 1.82) is 0 Å². The lowest BCUT2D eigenvalue weighted by molar-refractivity contribution is 0.113. The van der Waals surface area contributed by atoms with Crippen LogP contribution in [0.2, 0.25) is 0 Å². The molecule has 0 heterocycles. The molecule has 1 unspecified atom stereocenters. The largest absolute Gasteiger partial charge is 0.329 e. The van der Waals surface area contributed by atoms with Gasteiger partial charge in [0.05, 0.1) is 10.5 Å². The highest BCUT2D eigenvalue weighted by Gasteiger charge is 2.33. The van der Waals surface area contributed by atoms with Crippen LogP contribution in [0.4, 0.5) is 0 Å². The fourth-order valence-corrected chi connectivity index (χ4v) is 3.03. The van der Waals surface area contributed by atoms with Crippen molar-refractivity contribution in [2.75, 3.05) is 25.4 Å². The zero-order valence-electron chi connectivity index (χ0n) is 13.5. The average Bonchev–Trinajstić information content (AvgIpc) is 2.32. The zero-order valence-corrected chi connectivity index (χ0v) is 14.3. The highest BCUT2D eigenvalue weighted by molar-refractivity contribution is 7.92. The molecule has 0 aromatic carbocycles. The third-order valence-electron chi connectivity index (χ3n) is 4.02. The number of nitrogens with zero attached hydrogens (tertiary/aromatic N) is 1. The maximum atomic E-state index is 12.2. The van der Waals surface area contributed by atoms with Gasteiger partial charge < -0.3 is 5.73 Å². The van der Waals surface area contributed by atoms with Gasteiger partial charge in [-0.15, -0.1) is 0 Å². The summed E-state index contributed by atoms with van der Waals surface area (Å²) in [4.78, 5) is 2.23. The van der Waals surface area contributed by atoms with Gasteiger partial charge in [0.1, 0.15) is 0 Å². The number of nitrogens with two attached hydrogens (primary N) is 1. The van der Waals surface area contributed by atoms with Crippen molar-refractivity contribution in [2.45, 2.75) is 64.7 Å². The van der Waals surface area contributed by atoms with Gasteiger partial charge in [0.25, 0.3) is 0 Å². The van der Waals surface area contributed by atoms with Crippen LogP contribution in [-0.2, 0) is 9.84 Å². The smallest absolute Gasteiger partial charge is 0.156 e. The molecule has 5 heteroatoms. The lowest BCUT2D eigenvalue weighted by Gasteiger charge is -2.40. The highest BCUT2D eigenvalue weighted by Crippen LogP contribution is 2.21. The van der Waals surface area contributed by atoms with E-state index in [1.165, 1.54) is 0 Å². The minimum absolute atomic E-state index is 0.108. The molecule has 0 saturated carbocycles. The summed E-state index contributed by atoms with van der Waals surface area (Å²) in [5.74, 6) is 0.200. The van der Waals surface area contributed by atoms with Gasteiger partial charge in [-0.05, 0) is 47.1 Å². The van der Waals surface area contributed by atoms with Crippen molar-refractivity contribution >= 4 is 9.84 Å². The number of rotatable bonds is 8. The highest BCUT2D eigenvalue weighted by atomic mass is 32.2. The van der Waals surface area contributed by atoms with Gasteiger partial charge in [0.2, 0.25) is 0 Å². The topological polar surface area (TPSA) is 63.4 Å². The molecule has 0 aliphatic heterocycles. The Balaban J connectivity index is 4.90. The van der Waals surface area contributed by atoms with Crippen molar-refractivity contribution in [3.63, 3.8) is 0 Å². The van der Waals surface area contributed by atoms with E-state index in [-0.39, 0.29) is 11.3 Å². The molecule has 0 aliphatic carbocycles. The normalized spacial score (nSPS) is 16.6. The van der Waals surface area contributed by atoms with Gasteiger partial charge in [-0.2, -0.15) is 0 Å². The van der Waals surface area contributed by atoms with Crippen LogP contribution in [0.5, 0.6) is 0 Å². The second-order valence-electron chi connectivity index (χ2n) is 6.47. The first-order valence-electron chi connectivity index (χ1n) is 7.21. The van der Waals surface area contributed by atoms with Crippen LogP contribution in [0, 0.1) is 0 Å². The van der Waals surface area contributed by atoms with Crippen LogP contribution >= 0.6 is 0 Å². The van der Waals surface area contributed by atoms with Crippen LogP contribution < -0.4 is 5.73 Å². The third kappa shape index (κ3) is 5.04. The van der Waals surface area contributed by atoms with Crippen molar-refractivity contribution in [3.05, 3.63) is 0 Å². The van der Waals surface area contributed by atoms with E-state index in [0.29, 0.717) is 13.1 Å². The first-order chi connectivity index (χ1) is 8.54. The molecule has 0 aromatic rings. The average molecular weight is 292 g/mol. The van der Waals surface area contributed by atoms with Gasteiger partial charge in [-0.3, -0.25) is 4.90 Å². The van der Waals surface area contributed by atoms with E-state index in [1.54, 1.807) is 20.8 Å². The molecule has 0 saturated heterocycles. The summed E-state index contributed by atoms with van der Waals surface area (Å²) in [6, 6.07) is 0. The second kappa shape index (κ2) is 7.04. The molecule has 0 amide bonds. The van der Waals surface area contributed by atoms with E-state index in [9.17, 15) is 8.42 Å². The van der Waals surface area contributed by atoms with E-state index in [1.807, 2.05) is 0 Å². The molecule has 0 aliphatic rings. The fourth-order valence-electron chi connectivity index (χ4n) is 1.96. The standard InChI is InChI=1S/C14H32N2O2S/c1-7-9-16(14(6,8-2)12-15)10-11-19(17,18)13(3,4)5/h7-12,15H2,1-6H3. The van der Waals surface area contributed by atoms with Crippen molar-refractivity contribution in [2.24, 2.45) is 5.73 Å². The summed E-state index contributed by atoms with van der Waals surface area (Å²) in [7, 11) is -3.07. The van der Waals surface area contributed by atoms with E-state index in [2.05, 4.69) is 25.7 Å². The lowest BCUT2D eigenvalue weighted by Crippen LogP contribution is -2.53. The van der Waals surface area contributed by atoms with Gasteiger partial charge in [0.15, 0.2) is 9.84 Å². The predicted molar refractivity (Wildman–Crippen MR) is 83.2 cm³/mol. The molecular formula is C14H32N2O2S. The van der Waals surface area contributed by atoms with Crippen LogP contribution in [0.3, 0.4) is 0 Å². The summed E-state index contributed by atoms with van der Waals surface area (Å²) < 4.78 is 23.7. The van der Waals surface area contributed by atoms with Crippen LogP contribution in [0.15, 0.2) is 0 Å². The number of hydrogen-bond acceptors (Lipinski definition) is 4. The molecule has 0 spiro atoms.